The van der Waals surface area contributed by atoms with Crippen molar-refractivity contribution in [2.75, 3.05) is 0 Å². The van der Waals surface area contributed by atoms with Gasteiger partial charge in [0, 0.05) is 21.9 Å². The molecular weight excluding hydrogens is 291 g/mol. The number of hydrogen-bond acceptors (Lipinski definition) is 2. The molecule has 2 aromatic rings. The van der Waals surface area contributed by atoms with Crippen LogP contribution in [0.15, 0.2) is 35.1 Å². The van der Waals surface area contributed by atoms with Crippen LogP contribution in [0, 0.1) is 0 Å². The Morgan fingerprint density at radius 3 is 3.00 bits per heavy atom. The molecule has 0 amide bonds. The minimum absolute atomic E-state index is 0.402. The van der Waals surface area contributed by atoms with Gasteiger partial charge in [0.25, 0.3) is 0 Å². The van der Waals surface area contributed by atoms with Crippen molar-refractivity contribution in [3.8, 4) is 0 Å². The summed E-state index contributed by atoms with van der Waals surface area (Å²) >= 11 is 9.43. The van der Waals surface area contributed by atoms with Crippen molar-refractivity contribution in [1.82, 2.24) is 9.55 Å². The first kappa shape index (κ1) is 11.4. The molecule has 1 heterocycles. The second-order valence-electron chi connectivity index (χ2n) is 3.27. The van der Waals surface area contributed by atoms with Gasteiger partial charge in [0.1, 0.15) is 0 Å². The van der Waals surface area contributed by atoms with Gasteiger partial charge in [-0.2, -0.15) is 0 Å². The van der Waals surface area contributed by atoms with Gasteiger partial charge in [0.15, 0.2) is 12.1 Å². The summed E-state index contributed by atoms with van der Waals surface area (Å²) in [5, 5.41) is 0.667. The number of imidazole rings is 1. The largest absolute Gasteiger partial charge is 0.324 e. The number of halogens is 2. The predicted molar refractivity (Wildman–Crippen MR) is 65.9 cm³/mol. The summed E-state index contributed by atoms with van der Waals surface area (Å²) in [4.78, 5) is 14.6. The Morgan fingerprint density at radius 2 is 2.31 bits per heavy atom. The summed E-state index contributed by atoms with van der Waals surface area (Å²) < 4.78 is 2.68. The van der Waals surface area contributed by atoms with Crippen molar-refractivity contribution in [1.29, 1.82) is 0 Å². The number of nitrogens with zero attached hydrogens (tertiary/aromatic N) is 2. The van der Waals surface area contributed by atoms with Crippen LogP contribution in [-0.2, 0) is 6.54 Å². The number of rotatable bonds is 3. The van der Waals surface area contributed by atoms with Crippen LogP contribution in [-0.4, -0.2) is 15.8 Å². The van der Waals surface area contributed by atoms with E-state index < -0.39 is 0 Å². The first-order chi connectivity index (χ1) is 7.70. The van der Waals surface area contributed by atoms with Gasteiger partial charge in [-0.3, -0.25) is 4.79 Å². The smallest absolute Gasteiger partial charge is 0.185 e. The molecule has 82 valence electrons. The SMILES string of the molecule is O=Cc1nccn1Cc1ccc(Br)cc1Cl. The Labute approximate surface area is 106 Å². The highest BCUT2D eigenvalue weighted by Gasteiger charge is 2.05. The molecule has 0 aliphatic heterocycles. The number of aromatic nitrogens is 2. The molecule has 0 saturated carbocycles. The second-order valence-corrected chi connectivity index (χ2v) is 4.59. The van der Waals surface area contributed by atoms with E-state index in [1.54, 1.807) is 17.0 Å². The fourth-order valence-electron chi connectivity index (χ4n) is 1.41. The maximum absolute atomic E-state index is 10.7. The summed E-state index contributed by atoms with van der Waals surface area (Å²) in [6.45, 7) is 0.542. The van der Waals surface area contributed by atoms with Crippen LogP contribution in [0.2, 0.25) is 5.02 Å². The molecule has 0 aliphatic carbocycles. The van der Waals surface area contributed by atoms with Crippen LogP contribution in [0.1, 0.15) is 16.2 Å². The molecular formula is C11H8BrClN2O. The quantitative estimate of drug-likeness (QED) is 0.816. The number of carbonyl (C=O) groups excluding carboxylic acids is 1. The number of carbonyl (C=O) groups is 1. The van der Waals surface area contributed by atoms with Crippen molar-refractivity contribution in [2.45, 2.75) is 6.54 Å². The molecule has 1 aromatic carbocycles. The number of hydrogen-bond donors (Lipinski definition) is 0. The zero-order valence-corrected chi connectivity index (χ0v) is 10.6. The predicted octanol–water partition coefficient (Wildman–Crippen LogP) is 3.16. The molecule has 0 radical (unpaired) electrons. The van der Waals surface area contributed by atoms with E-state index in [9.17, 15) is 4.79 Å². The molecule has 0 fully saturated rings. The lowest BCUT2D eigenvalue weighted by atomic mass is 10.2. The van der Waals surface area contributed by atoms with Crippen LogP contribution in [0.5, 0.6) is 0 Å². The van der Waals surface area contributed by atoms with Crippen LogP contribution >= 0.6 is 27.5 Å². The van der Waals surface area contributed by atoms with Gasteiger partial charge >= 0.3 is 0 Å². The zero-order valence-electron chi connectivity index (χ0n) is 8.23. The average Bonchev–Trinajstić information content (AvgIpc) is 2.69. The van der Waals surface area contributed by atoms with Crippen LogP contribution in [0.3, 0.4) is 0 Å². The standard InChI is InChI=1S/C11H8BrClN2O/c12-9-2-1-8(10(13)5-9)6-15-4-3-14-11(15)7-16/h1-5,7H,6H2. The fraction of sp³-hybridized carbons (Fsp3) is 0.0909. The third kappa shape index (κ3) is 2.33. The maximum atomic E-state index is 10.7. The Bertz CT molecular complexity index is 524. The van der Waals surface area contributed by atoms with Gasteiger partial charge in [0.05, 0.1) is 6.54 Å². The first-order valence-electron chi connectivity index (χ1n) is 4.61. The normalized spacial score (nSPS) is 10.4. The third-order valence-corrected chi connectivity index (χ3v) is 3.05. The number of aldehydes is 1. The van der Waals surface area contributed by atoms with Crippen LogP contribution in [0.4, 0.5) is 0 Å². The van der Waals surface area contributed by atoms with Crippen molar-refractivity contribution >= 4 is 33.8 Å². The Kier molecular flexibility index (Phi) is 3.41. The second kappa shape index (κ2) is 4.80. The van der Waals surface area contributed by atoms with Crippen LogP contribution < -0.4 is 0 Å². The minimum Gasteiger partial charge on any atom is -0.324 e. The van der Waals surface area contributed by atoms with Gasteiger partial charge in [-0.1, -0.05) is 33.6 Å². The van der Waals surface area contributed by atoms with Crippen molar-refractivity contribution in [3.05, 3.63) is 51.5 Å². The molecule has 0 aliphatic rings. The van der Waals surface area contributed by atoms with E-state index in [0.717, 1.165) is 16.3 Å². The third-order valence-electron chi connectivity index (χ3n) is 2.21. The summed E-state index contributed by atoms with van der Waals surface area (Å²) in [6.07, 6.45) is 4.07. The van der Waals surface area contributed by atoms with Crippen LogP contribution in [0.25, 0.3) is 0 Å². The van der Waals surface area contributed by atoms with Gasteiger partial charge in [0.2, 0.25) is 0 Å². The van der Waals surface area contributed by atoms with E-state index in [1.807, 2.05) is 18.2 Å². The summed E-state index contributed by atoms with van der Waals surface area (Å²) in [7, 11) is 0. The molecule has 0 atom stereocenters. The topological polar surface area (TPSA) is 34.9 Å². The Hall–Kier alpha value is -1.13. The highest BCUT2D eigenvalue weighted by atomic mass is 79.9. The number of benzene rings is 1. The molecule has 3 nitrogen and oxygen atoms in total. The molecule has 5 heteroatoms. The molecule has 0 saturated heterocycles. The molecule has 2 rings (SSSR count). The molecule has 1 aromatic heterocycles. The molecule has 16 heavy (non-hydrogen) atoms. The molecule has 0 spiro atoms. The lowest BCUT2D eigenvalue weighted by Gasteiger charge is -2.06. The van der Waals surface area contributed by atoms with Gasteiger partial charge in [-0.05, 0) is 17.7 Å². The van der Waals surface area contributed by atoms with Gasteiger partial charge in [-0.25, -0.2) is 4.98 Å². The minimum atomic E-state index is 0.402. The molecule has 0 N–H and O–H groups in total. The highest BCUT2D eigenvalue weighted by molar-refractivity contribution is 9.10. The summed E-state index contributed by atoms with van der Waals surface area (Å²) in [5.74, 6) is 0.402. The van der Waals surface area contributed by atoms with Gasteiger partial charge < -0.3 is 4.57 Å². The van der Waals surface area contributed by atoms with Gasteiger partial charge in [-0.15, -0.1) is 0 Å². The maximum Gasteiger partial charge on any atom is 0.185 e. The Morgan fingerprint density at radius 1 is 1.50 bits per heavy atom. The summed E-state index contributed by atoms with van der Waals surface area (Å²) in [5.41, 5.74) is 0.950. The lowest BCUT2D eigenvalue weighted by molar-refractivity contribution is 0.111. The van der Waals surface area contributed by atoms with E-state index in [0.29, 0.717) is 17.4 Å². The zero-order chi connectivity index (χ0) is 11.5. The Balaban J connectivity index is 2.30. The van der Waals surface area contributed by atoms with E-state index in [1.165, 1.54) is 0 Å². The van der Waals surface area contributed by atoms with Crippen molar-refractivity contribution in [2.24, 2.45) is 0 Å². The van der Waals surface area contributed by atoms with E-state index in [-0.39, 0.29) is 0 Å². The molecule has 0 unspecified atom stereocenters. The van der Waals surface area contributed by atoms with Crippen molar-refractivity contribution < 1.29 is 4.79 Å². The highest BCUT2D eigenvalue weighted by Crippen LogP contribution is 2.22. The lowest BCUT2D eigenvalue weighted by Crippen LogP contribution is -2.03. The molecule has 0 bridgehead atoms. The van der Waals surface area contributed by atoms with E-state index in [4.69, 9.17) is 11.6 Å². The summed E-state index contributed by atoms with van der Waals surface area (Å²) in [6, 6.07) is 5.66. The average molecular weight is 300 g/mol. The van der Waals surface area contributed by atoms with E-state index in [2.05, 4.69) is 20.9 Å². The first-order valence-corrected chi connectivity index (χ1v) is 5.78. The van der Waals surface area contributed by atoms with Crippen molar-refractivity contribution in [3.63, 3.8) is 0 Å². The fourth-order valence-corrected chi connectivity index (χ4v) is 2.14. The monoisotopic (exact) mass is 298 g/mol. The van der Waals surface area contributed by atoms with E-state index >= 15 is 0 Å².